The van der Waals surface area contributed by atoms with E-state index in [4.69, 9.17) is 11.6 Å². The van der Waals surface area contributed by atoms with E-state index in [9.17, 15) is 9.59 Å². The fourth-order valence-corrected chi connectivity index (χ4v) is 2.09. The van der Waals surface area contributed by atoms with Gasteiger partial charge in [0.15, 0.2) is 0 Å². The first-order chi connectivity index (χ1) is 10.5. The van der Waals surface area contributed by atoms with Crippen molar-refractivity contribution < 1.29 is 9.59 Å². The standard InChI is InChI=1S/C15H17ClN4O2/c1-9-3-4-11(16)7-12(9)14(21)17-8-10(2)19-15(22)13-5-6-18-20-13/h3-7,10H,8H2,1-2H3,(H,17,21)(H,18,20)(H,19,22)/t10-/m1/s1. The number of aromatic nitrogens is 2. The zero-order valence-electron chi connectivity index (χ0n) is 12.3. The number of nitrogens with one attached hydrogen (secondary N) is 3. The molecule has 22 heavy (non-hydrogen) atoms. The van der Waals surface area contributed by atoms with Crippen molar-refractivity contribution in [2.75, 3.05) is 6.54 Å². The van der Waals surface area contributed by atoms with Crippen LogP contribution in [0.4, 0.5) is 0 Å². The van der Waals surface area contributed by atoms with Gasteiger partial charge in [-0.3, -0.25) is 14.7 Å². The summed E-state index contributed by atoms with van der Waals surface area (Å²) in [4.78, 5) is 24.0. The average molecular weight is 321 g/mol. The average Bonchev–Trinajstić information content (AvgIpc) is 3.01. The number of aromatic amines is 1. The number of amides is 2. The highest BCUT2D eigenvalue weighted by molar-refractivity contribution is 6.31. The fraction of sp³-hybridized carbons (Fsp3) is 0.267. The lowest BCUT2D eigenvalue weighted by Crippen LogP contribution is -2.42. The molecule has 0 aliphatic carbocycles. The van der Waals surface area contributed by atoms with Gasteiger partial charge in [0, 0.05) is 29.4 Å². The lowest BCUT2D eigenvalue weighted by Gasteiger charge is -2.15. The first kappa shape index (κ1) is 16.0. The van der Waals surface area contributed by atoms with Crippen LogP contribution in [0.5, 0.6) is 0 Å². The molecule has 0 saturated carbocycles. The van der Waals surface area contributed by atoms with E-state index in [1.807, 2.05) is 6.92 Å². The number of H-pyrrole nitrogens is 1. The van der Waals surface area contributed by atoms with E-state index >= 15 is 0 Å². The Morgan fingerprint density at radius 2 is 2.09 bits per heavy atom. The maximum Gasteiger partial charge on any atom is 0.269 e. The zero-order chi connectivity index (χ0) is 16.1. The van der Waals surface area contributed by atoms with Gasteiger partial charge in [0.2, 0.25) is 0 Å². The quantitative estimate of drug-likeness (QED) is 0.786. The molecule has 0 spiro atoms. The maximum absolute atomic E-state index is 12.1. The van der Waals surface area contributed by atoms with Crippen LogP contribution in [-0.4, -0.2) is 34.6 Å². The third-order valence-corrected chi connectivity index (χ3v) is 3.37. The lowest BCUT2D eigenvalue weighted by atomic mass is 10.1. The molecule has 1 heterocycles. The van der Waals surface area contributed by atoms with E-state index in [1.165, 1.54) is 6.20 Å². The Bertz CT molecular complexity index is 670. The summed E-state index contributed by atoms with van der Waals surface area (Å²) in [5.74, 6) is -0.485. The van der Waals surface area contributed by atoms with Crippen molar-refractivity contribution in [3.05, 3.63) is 52.3 Å². The topological polar surface area (TPSA) is 86.9 Å². The summed E-state index contributed by atoms with van der Waals surface area (Å²) >= 11 is 5.90. The number of carbonyl (C=O) groups excluding carboxylic acids is 2. The van der Waals surface area contributed by atoms with E-state index in [-0.39, 0.29) is 17.9 Å². The minimum Gasteiger partial charge on any atom is -0.350 e. The molecule has 1 aromatic heterocycles. The molecule has 0 unspecified atom stereocenters. The van der Waals surface area contributed by atoms with Gasteiger partial charge < -0.3 is 10.6 Å². The minimum atomic E-state index is -0.266. The molecule has 0 aliphatic heterocycles. The number of nitrogens with zero attached hydrogens (tertiary/aromatic N) is 1. The molecule has 1 aromatic carbocycles. The minimum absolute atomic E-state index is 0.220. The van der Waals surface area contributed by atoms with Crippen molar-refractivity contribution >= 4 is 23.4 Å². The summed E-state index contributed by atoms with van der Waals surface area (Å²) in [6.45, 7) is 3.96. The van der Waals surface area contributed by atoms with E-state index in [1.54, 1.807) is 31.2 Å². The molecular formula is C15H17ClN4O2. The molecule has 0 radical (unpaired) electrons. The van der Waals surface area contributed by atoms with Gasteiger partial charge in [-0.2, -0.15) is 5.10 Å². The van der Waals surface area contributed by atoms with E-state index < -0.39 is 0 Å². The lowest BCUT2D eigenvalue weighted by molar-refractivity contribution is 0.0909. The maximum atomic E-state index is 12.1. The third-order valence-electron chi connectivity index (χ3n) is 3.14. The first-order valence-electron chi connectivity index (χ1n) is 6.82. The molecule has 3 N–H and O–H groups in total. The molecule has 2 amide bonds. The van der Waals surface area contributed by atoms with Gasteiger partial charge in [-0.1, -0.05) is 17.7 Å². The van der Waals surface area contributed by atoms with Crippen molar-refractivity contribution in [3.63, 3.8) is 0 Å². The van der Waals surface area contributed by atoms with Gasteiger partial charge in [0.25, 0.3) is 11.8 Å². The Morgan fingerprint density at radius 1 is 1.32 bits per heavy atom. The van der Waals surface area contributed by atoms with Gasteiger partial charge in [-0.15, -0.1) is 0 Å². The van der Waals surface area contributed by atoms with E-state index in [0.717, 1.165) is 5.56 Å². The van der Waals surface area contributed by atoms with Gasteiger partial charge in [-0.25, -0.2) is 0 Å². The molecule has 6 nitrogen and oxygen atoms in total. The predicted octanol–water partition coefficient (Wildman–Crippen LogP) is 1.92. The molecule has 7 heteroatoms. The molecule has 1 atom stereocenters. The summed E-state index contributed by atoms with van der Waals surface area (Å²) < 4.78 is 0. The van der Waals surface area contributed by atoms with Crippen LogP contribution >= 0.6 is 11.6 Å². The smallest absolute Gasteiger partial charge is 0.269 e. The first-order valence-corrected chi connectivity index (χ1v) is 7.19. The highest BCUT2D eigenvalue weighted by Gasteiger charge is 2.13. The van der Waals surface area contributed by atoms with Gasteiger partial charge in [-0.05, 0) is 37.6 Å². The summed E-state index contributed by atoms with van der Waals surface area (Å²) in [5, 5.41) is 12.4. The Labute approximate surface area is 133 Å². The van der Waals surface area contributed by atoms with Crippen LogP contribution in [0.1, 0.15) is 33.3 Å². The van der Waals surface area contributed by atoms with Crippen LogP contribution in [0.15, 0.2) is 30.5 Å². The Hall–Kier alpha value is -2.34. The van der Waals surface area contributed by atoms with Crippen molar-refractivity contribution in [1.29, 1.82) is 0 Å². The molecule has 0 saturated heterocycles. The van der Waals surface area contributed by atoms with E-state index in [0.29, 0.717) is 22.8 Å². The molecular weight excluding hydrogens is 304 g/mol. The monoisotopic (exact) mass is 320 g/mol. The fourth-order valence-electron chi connectivity index (χ4n) is 1.91. The number of hydrogen-bond acceptors (Lipinski definition) is 3. The second-order valence-corrected chi connectivity index (χ2v) is 5.45. The SMILES string of the molecule is Cc1ccc(Cl)cc1C(=O)NC[C@@H](C)NC(=O)c1ccn[nH]1. The number of rotatable bonds is 5. The number of hydrogen-bond donors (Lipinski definition) is 3. The van der Waals surface area contributed by atoms with E-state index in [2.05, 4.69) is 20.8 Å². The summed E-state index contributed by atoms with van der Waals surface area (Å²) in [5.41, 5.74) is 1.75. The molecule has 0 aliphatic rings. The van der Waals surface area contributed by atoms with Crippen LogP contribution in [0.3, 0.4) is 0 Å². The van der Waals surface area contributed by atoms with Crippen molar-refractivity contribution in [2.45, 2.75) is 19.9 Å². The largest absolute Gasteiger partial charge is 0.350 e. The molecule has 2 rings (SSSR count). The Balaban J connectivity index is 1.88. The Morgan fingerprint density at radius 3 is 2.77 bits per heavy atom. The van der Waals surface area contributed by atoms with Crippen molar-refractivity contribution in [1.82, 2.24) is 20.8 Å². The third kappa shape index (κ3) is 4.08. The van der Waals surface area contributed by atoms with Gasteiger partial charge >= 0.3 is 0 Å². The predicted molar refractivity (Wildman–Crippen MR) is 84.0 cm³/mol. The highest BCUT2D eigenvalue weighted by Crippen LogP contribution is 2.15. The van der Waals surface area contributed by atoms with Crippen molar-refractivity contribution in [3.8, 4) is 0 Å². The molecule has 2 aromatic rings. The van der Waals surface area contributed by atoms with Gasteiger partial charge in [0.05, 0.1) is 0 Å². The second kappa shape index (κ2) is 7.09. The van der Waals surface area contributed by atoms with Gasteiger partial charge in [0.1, 0.15) is 5.69 Å². The van der Waals surface area contributed by atoms with Crippen LogP contribution < -0.4 is 10.6 Å². The summed E-state index contributed by atoms with van der Waals surface area (Å²) in [6, 6.07) is 6.51. The molecule has 0 fully saturated rings. The van der Waals surface area contributed by atoms with Crippen LogP contribution in [0.2, 0.25) is 5.02 Å². The number of benzene rings is 1. The molecule has 0 bridgehead atoms. The normalized spacial score (nSPS) is 11.8. The van der Waals surface area contributed by atoms with Crippen molar-refractivity contribution in [2.24, 2.45) is 0 Å². The Kier molecular flexibility index (Phi) is 5.16. The zero-order valence-corrected chi connectivity index (χ0v) is 13.1. The highest BCUT2D eigenvalue weighted by atomic mass is 35.5. The van der Waals surface area contributed by atoms with Crippen LogP contribution in [0.25, 0.3) is 0 Å². The second-order valence-electron chi connectivity index (χ2n) is 5.01. The van der Waals surface area contributed by atoms with Crippen LogP contribution in [-0.2, 0) is 0 Å². The number of halogens is 1. The number of aryl methyl sites for hydroxylation is 1. The van der Waals surface area contributed by atoms with Crippen LogP contribution in [0, 0.1) is 6.92 Å². The number of carbonyl (C=O) groups is 2. The summed E-state index contributed by atoms with van der Waals surface area (Å²) in [6.07, 6.45) is 1.50. The molecule has 116 valence electrons. The summed E-state index contributed by atoms with van der Waals surface area (Å²) in [7, 11) is 0.